The molecule has 190 valence electrons. The average molecular weight is 455 g/mol. The van der Waals surface area contributed by atoms with Gasteiger partial charge in [-0.25, -0.2) is 0 Å². The third-order valence-corrected chi connectivity index (χ3v) is 6.43. The third-order valence-electron chi connectivity index (χ3n) is 6.43. The molecule has 0 aromatic heterocycles. The van der Waals surface area contributed by atoms with Gasteiger partial charge in [0.15, 0.2) is 0 Å². The summed E-state index contributed by atoms with van der Waals surface area (Å²) in [4.78, 5) is 23.3. The Balaban J connectivity index is 3.31. The van der Waals surface area contributed by atoms with Crippen molar-refractivity contribution in [3.8, 4) is 0 Å². The van der Waals surface area contributed by atoms with Gasteiger partial charge in [-0.1, -0.05) is 111 Å². The Morgan fingerprint density at radius 2 is 1.00 bits per heavy atom. The molecule has 0 aromatic rings. The van der Waals surface area contributed by atoms with Crippen LogP contribution in [0.4, 0.5) is 0 Å². The van der Waals surface area contributed by atoms with Gasteiger partial charge in [-0.2, -0.15) is 0 Å². The number of hydrogen-bond acceptors (Lipinski definition) is 4. The van der Waals surface area contributed by atoms with Gasteiger partial charge in [-0.3, -0.25) is 9.59 Å². The molecule has 0 N–H and O–H groups in total. The summed E-state index contributed by atoms with van der Waals surface area (Å²) in [6.45, 7) is 9.36. The first kappa shape index (κ1) is 30.9. The van der Waals surface area contributed by atoms with E-state index in [1.165, 1.54) is 77.0 Å². The van der Waals surface area contributed by atoms with Gasteiger partial charge in [-0.05, 0) is 31.6 Å². The molecule has 0 bridgehead atoms. The average Bonchev–Trinajstić information content (AvgIpc) is 2.80. The smallest absolute Gasteiger partial charge is 0.308 e. The summed E-state index contributed by atoms with van der Waals surface area (Å²) >= 11 is 0. The van der Waals surface area contributed by atoms with E-state index < -0.39 is 0 Å². The number of unbranched alkanes of at least 4 members (excludes halogenated alkanes) is 13. The summed E-state index contributed by atoms with van der Waals surface area (Å²) in [5.41, 5.74) is 0. The Morgan fingerprint density at radius 1 is 0.594 bits per heavy atom. The Labute approximate surface area is 199 Å². The van der Waals surface area contributed by atoms with Crippen LogP contribution in [0.5, 0.6) is 0 Å². The maximum Gasteiger partial charge on any atom is 0.308 e. The van der Waals surface area contributed by atoms with Crippen LogP contribution in [-0.2, 0) is 19.1 Å². The molecule has 2 atom stereocenters. The molecule has 0 fully saturated rings. The zero-order valence-electron chi connectivity index (χ0n) is 21.9. The van der Waals surface area contributed by atoms with Gasteiger partial charge in [0.05, 0.1) is 19.1 Å². The second kappa shape index (κ2) is 23.1. The molecule has 0 saturated heterocycles. The lowest BCUT2D eigenvalue weighted by Crippen LogP contribution is -2.21. The quantitative estimate of drug-likeness (QED) is 0.115. The standard InChI is InChI=1S/C28H54O4/c1-5-23-31-27(29)22-20-18-16-14-12-10-8-7-9-11-13-15-17-19-21-25(3)26(4)28(30)32-24-6-2/h25-26H,5-24H2,1-4H3. The molecule has 0 spiro atoms. The summed E-state index contributed by atoms with van der Waals surface area (Å²) in [7, 11) is 0. The first-order chi connectivity index (χ1) is 15.5. The highest BCUT2D eigenvalue weighted by Gasteiger charge is 2.20. The Kier molecular flexibility index (Phi) is 22.3. The molecule has 0 aliphatic heterocycles. The van der Waals surface area contributed by atoms with E-state index in [2.05, 4.69) is 6.92 Å². The minimum absolute atomic E-state index is 0.0240. The van der Waals surface area contributed by atoms with Crippen molar-refractivity contribution in [1.82, 2.24) is 0 Å². The van der Waals surface area contributed by atoms with Crippen molar-refractivity contribution in [3.63, 3.8) is 0 Å². The van der Waals surface area contributed by atoms with Crippen molar-refractivity contribution in [2.24, 2.45) is 11.8 Å². The number of rotatable bonds is 23. The number of hydrogen-bond donors (Lipinski definition) is 0. The molecular weight excluding hydrogens is 400 g/mol. The molecule has 0 radical (unpaired) electrons. The molecule has 0 heterocycles. The lowest BCUT2D eigenvalue weighted by Gasteiger charge is -2.18. The van der Waals surface area contributed by atoms with E-state index in [0.29, 0.717) is 25.6 Å². The lowest BCUT2D eigenvalue weighted by molar-refractivity contribution is -0.149. The van der Waals surface area contributed by atoms with E-state index in [0.717, 1.165) is 32.1 Å². The summed E-state index contributed by atoms with van der Waals surface area (Å²) < 4.78 is 10.4. The van der Waals surface area contributed by atoms with Crippen molar-refractivity contribution in [1.29, 1.82) is 0 Å². The molecular formula is C28H54O4. The second-order valence-corrected chi connectivity index (χ2v) is 9.64. The van der Waals surface area contributed by atoms with Crippen LogP contribution in [0.1, 0.15) is 143 Å². The predicted molar refractivity (Wildman–Crippen MR) is 135 cm³/mol. The van der Waals surface area contributed by atoms with Crippen molar-refractivity contribution < 1.29 is 19.1 Å². The van der Waals surface area contributed by atoms with E-state index in [9.17, 15) is 9.59 Å². The van der Waals surface area contributed by atoms with E-state index >= 15 is 0 Å². The highest BCUT2D eigenvalue weighted by molar-refractivity contribution is 5.72. The Bertz CT molecular complexity index is 435. The van der Waals surface area contributed by atoms with Crippen LogP contribution >= 0.6 is 0 Å². The van der Waals surface area contributed by atoms with Crippen molar-refractivity contribution in [3.05, 3.63) is 0 Å². The first-order valence-corrected chi connectivity index (χ1v) is 13.8. The topological polar surface area (TPSA) is 52.6 Å². The monoisotopic (exact) mass is 454 g/mol. The predicted octanol–water partition coefficient (Wildman–Crippen LogP) is 8.41. The second-order valence-electron chi connectivity index (χ2n) is 9.64. The molecule has 0 amide bonds. The summed E-state index contributed by atoms with van der Waals surface area (Å²) in [5.74, 6) is 0.390. The van der Waals surface area contributed by atoms with Crippen LogP contribution in [0, 0.1) is 11.8 Å². The lowest BCUT2D eigenvalue weighted by atomic mass is 9.90. The van der Waals surface area contributed by atoms with Gasteiger partial charge in [0.1, 0.15) is 0 Å². The highest BCUT2D eigenvalue weighted by Crippen LogP contribution is 2.21. The molecule has 0 saturated carbocycles. The van der Waals surface area contributed by atoms with E-state index in [-0.39, 0.29) is 17.9 Å². The number of carbonyl (C=O) groups excluding carboxylic acids is 2. The maximum absolute atomic E-state index is 11.9. The van der Waals surface area contributed by atoms with Crippen LogP contribution in [0.3, 0.4) is 0 Å². The Hall–Kier alpha value is -1.06. The zero-order valence-corrected chi connectivity index (χ0v) is 21.9. The SMILES string of the molecule is CCCOC(=O)CCCCCCCCCCCCCCCCC(C)C(C)C(=O)OCCC. The largest absolute Gasteiger partial charge is 0.466 e. The van der Waals surface area contributed by atoms with E-state index in [1.807, 2.05) is 20.8 Å². The van der Waals surface area contributed by atoms with Crippen LogP contribution < -0.4 is 0 Å². The van der Waals surface area contributed by atoms with Crippen molar-refractivity contribution in [2.75, 3.05) is 13.2 Å². The van der Waals surface area contributed by atoms with E-state index in [4.69, 9.17) is 9.47 Å². The van der Waals surface area contributed by atoms with Crippen LogP contribution in [-0.4, -0.2) is 25.2 Å². The molecule has 4 nitrogen and oxygen atoms in total. The Morgan fingerprint density at radius 3 is 1.47 bits per heavy atom. The summed E-state index contributed by atoms with van der Waals surface area (Å²) in [6, 6.07) is 0. The zero-order chi connectivity index (χ0) is 23.9. The van der Waals surface area contributed by atoms with Gasteiger partial charge in [0.2, 0.25) is 0 Å². The minimum Gasteiger partial charge on any atom is -0.466 e. The summed E-state index contributed by atoms with van der Waals surface area (Å²) in [6.07, 6.45) is 21.6. The third kappa shape index (κ3) is 19.6. The maximum atomic E-state index is 11.9. The van der Waals surface area contributed by atoms with Crippen molar-refractivity contribution in [2.45, 2.75) is 143 Å². The first-order valence-electron chi connectivity index (χ1n) is 13.8. The fourth-order valence-electron chi connectivity index (χ4n) is 3.96. The number of esters is 2. The molecule has 32 heavy (non-hydrogen) atoms. The molecule has 0 rings (SSSR count). The van der Waals surface area contributed by atoms with Crippen LogP contribution in [0.15, 0.2) is 0 Å². The van der Waals surface area contributed by atoms with E-state index in [1.54, 1.807) is 0 Å². The van der Waals surface area contributed by atoms with Gasteiger partial charge in [-0.15, -0.1) is 0 Å². The van der Waals surface area contributed by atoms with Crippen molar-refractivity contribution >= 4 is 11.9 Å². The minimum atomic E-state index is -0.0274. The molecule has 0 aromatic carbocycles. The normalized spacial score (nSPS) is 13.0. The van der Waals surface area contributed by atoms with Gasteiger partial charge in [0, 0.05) is 6.42 Å². The molecule has 2 unspecified atom stereocenters. The summed E-state index contributed by atoms with van der Waals surface area (Å²) in [5, 5.41) is 0. The molecule has 0 aliphatic carbocycles. The number of ether oxygens (including phenoxy) is 2. The fraction of sp³-hybridized carbons (Fsp3) is 0.929. The number of carbonyl (C=O) groups is 2. The molecule has 0 aliphatic rings. The van der Waals surface area contributed by atoms with Gasteiger partial charge in [0.25, 0.3) is 0 Å². The fourth-order valence-corrected chi connectivity index (χ4v) is 3.96. The van der Waals surface area contributed by atoms with Gasteiger partial charge >= 0.3 is 11.9 Å². The molecule has 4 heteroatoms. The van der Waals surface area contributed by atoms with Gasteiger partial charge < -0.3 is 9.47 Å². The van der Waals surface area contributed by atoms with Crippen LogP contribution in [0.25, 0.3) is 0 Å². The van der Waals surface area contributed by atoms with Crippen LogP contribution in [0.2, 0.25) is 0 Å². The highest BCUT2D eigenvalue weighted by atomic mass is 16.5.